The van der Waals surface area contributed by atoms with Gasteiger partial charge in [-0.1, -0.05) is 17.7 Å². The van der Waals surface area contributed by atoms with Crippen molar-refractivity contribution in [1.29, 1.82) is 0 Å². The molecular weight excluding hydrogens is 242 g/mol. The summed E-state index contributed by atoms with van der Waals surface area (Å²) in [5.74, 6) is -0.0555. The molecule has 0 aliphatic heterocycles. The molecule has 86 valence electrons. The van der Waals surface area contributed by atoms with Crippen molar-refractivity contribution in [1.82, 2.24) is 9.97 Å². The minimum absolute atomic E-state index is 0.0276. The number of amides is 1. The number of aromatic nitrogens is 2. The van der Waals surface area contributed by atoms with E-state index in [9.17, 15) is 9.90 Å². The van der Waals surface area contributed by atoms with Crippen LogP contribution in [0.15, 0.2) is 36.7 Å². The van der Waals surface area contributed by atoms with Crippen molar-refractivity contribution in [3.05, 3.63) is 47.4 Å². The second-order valence-corrected chi connectivity index (χ2v) is 3.62. The lowest BCUT2D eigenvalue weighted by molar-refractivity contribution is 0.102. The summed E-state index contributed by atoms with van der Waals surface area (Å²) < 4.78 is 0. The van der Waals surface area contributed by atoms with Crippen molar-refractivity contribution < 1.29 is 9.90 Å². The molecule has 0 saturated carbocycles. The van der Waals surface area contributed by atoms with Crippen LogP contribution < -0.4 is 5.32 Å². The highest BCUT2D eigenvalue weighted by atomic mass is 35.5. The number of hydrogen-bond donors (Lipinski definition) is 2. The fourth-order valence-corrected chi connectivity index (χ4v) is 1.31. The predicted molar refractivity (Wildman–Crippen MR) is 63.1 cm³/mol. The van der Waals surface area contributed by atoms with Crippen molar-refractivity contribution >= 4 is 23.3 Å². The molecule has 0 unspecified atom stereocenters. The molecule has 1 heterocycles. The van der Waals surface area contributed by atoms with Crippen LogP contribution >= 0.6 is 11.6 Å². The summed E-state index contributed by atoms with van der Waals surface area (Å²) >= 11 is 5.57. The Morgan fingerprint density at radius 2 is 2.12 bits per heavy atom. The lowest BCUT2D eigenvalue weighted by Gasteiger charge is -2.04. The number of hydrogen-bond acceptors (Lipinski definition) is 4. The van der Waals surface area contributed by atoms with E-state index in [0.717, 1.165) is 0 Å². The first-order chi connectivity index (χ1) is 8.15. The number of benzene rings is 1. The number of phenols is 1. The highest BCUT2D eigenvalue weighted by Gasteiger charge is 2.07. The van der Waals surface area contributed by atoms with E-state index in [1.807, 2.05) is 0 Å². The van der Waals surface area contributed by atoms with Gasteiger partial charge in [-0.3, -0.25) is 4.79 Å². The first kappa shape index (κ1) is 11.3. The maximum Gasteiger partial charge on any atom is 0.256 e. The zero-order valence-corrected chi connectivity index (χ0v) is 9.35. The summed E-state index contributed by atoms with van der Waals surface area (Å²) in [6.45, 7) is 0. The molecule has 1 aromatic carbocycles. The summed E-state index contributed by atoms with van der Waals surface area (Å²) in [7, 11) is 0. The largest absolute Gasteiger partial charge is 0.508 e. The van der Waals surface area contributed by atoms with Gasteiger partial charge in [0.1, 0.15) is 10.9 Å². The molecule has 0 radical (unpaired) electrons. The molecule has 0 saturated heterocycles. The van der Waals surface area contributed by atoms with Crippen LogP contribution in [-0.2, 0) is 0 Å². The molecule has 1 amide bonds. The topological polar surface area (TPSA) is 75.1 Å². The molecule has 0 spiro atoms. The molecule has 0 atom stereocenters. The van der Waals surface area contributed by atoms with E-state index in [-0.39, 0.29) is 16.8 Å². The third-order valence-electron chi connectivity index (χ3n) is 1.97. The first-order valence-corrected chi connectivity index (χ1v) is 5.11. The minimum Gasteiger partial charge on any atom is -0.508 e. The van der Waals surface area contributed by atoms with Crippen LogP contribution in [0.25, 0.3) is 0 Å². The first-order valence-electron chi connectivity index (χ1n) is 4.73. The number of nitrogens with one attached hydrogen (secondary N) is 1. The smallest absolute Gasteiger partial charge is 0.256 e. The number of halogens is 1. The minimum atomic E-state index is -0.377. The van der Waals surface area contributed by atoms with E-state index >= 15 is 0 Å². The van der Waals surface area contributed by atoms with Crippen molar-refractivity contribution in [2.75, 3.05) is 5.32 Å². The molecule has 0 fully saturated rings. The van der Waals surface area contributed by atoms with E-state index in [1.165, 1.54) is 24.5 Å². The average Bonchev–Trinajstić information content (AvgIpc) is 2.32. The molecule has 6 heteroatoms. The molecule has 2 aromatic rings. The molecule has 0 aliphatic carbocycles. The Hall–Kier alpha value is -2.14. The van der Waals surface area contributed by atoms with Crippen LogP contribution in [0.1, 0.15) is 10.4 Å². The maximum atomic E-state index is 11.7. The summed E-state index contributed by atoms with van der Waals surface area (Å²) in [4.78, 5) is 19.4. The fraction of sp³-hybridized carbons (Fsp3) is 0. The zero-order chi connectivity index (χ0) is 12.3. The van der Waals surface area contributed by atoms with Gasteiger partial charge in [0.15, 0.2) is 5.82 Å². The Balaban J connectivity index is 2.14. The van der Waals surface area contributed by atoms with E-state index in [2.05, 4.69) is 15.3 Å². The number of aromatic hydroxyl groups is 1. The van der Waals surface area contributed by atoms with Crippen molar-refractivity contribution in [2.45, 2.75) is 0 Å². The lowest BCUT2D eigenvalue weighted by atomic mass is 10.2. The number of carbonyl (C=O) groups is 1. The van der Waals surface area contributed by atoms with Gasteiger partial charge < -0.3 is 10.4 Å². The summed E-state index contributed by atoms with van der Waals surface area (Å²) in [6.07, 6.45) is 2.68. The summed E-state index contributed by atoms with van der Waals surface area (Å²) in [6, 6.07) is 6.01. The molecule has 2 rings (SSSR count). The second kappa shape index (κ2) is 4.80. The maximum absolute atomic E-state index is 11.7. The van der Waals surface area contributed by atoms with E-state index < -0.39 is 0 Å². The van der Waals surface area contributed by atoms with Crippen LogP contribution in [0.2, 0.25) is 5.15 Å². The molecule has 17 heavy (non-hydrogen) atoms. The average molecular weight is 250 g/mol. The van der Waals surface area contributed by atoms with Gasteiger partial charge in [-0.25, -0.2) is 9.97 Å². The number of carbonyl (C=O) groups excluding carboxylic acids is 1. The van der Waals surface area contributed by atoms with E-state index in [1.54, 1.807) is 12.1 Å². The van der Waals surface area contributed by atoms with Crippen molar-refractivity contribution in [2.24, 2.45) is 0 Å². The van der Waals surface area contributed by atoms with Crippen LogP contribution in [0.5, 0.6) is 5.75 Å². The molecule has 0 aliphatic rings. The van der Waals surface area contributed by atoms with Gasteiger partial charge in [-0.05, 0) is 18.2 Å². The van der Waals surface area contributed by atoms with Gasteiger partial charge >= 0.3 is 0 Å². The number of phenolic OH excluding ortho intramolecular Hbond substituents is 1. The third kappa shape index (κ3) is 2.92. The molecular formula is C11H8ClN3O2. The van der Waals surface area contributed by atoms with Crippen LogP contribution in [0.3, 0.4) is 0 Å². The van der Waals surface area contributed by atoms with Gasteiger partial charge in [-0.2, -0.15) is 0 Å². The molecule has 2 N–H and O–H groups in total. The quantitative estimate of drug-likeness (QED) is 0.855. The highest BCUT2D eigenvalue weighted by Crippen LogP contribution is 2.12. The Kier molecular flexibility index (Phi) is 3.20. The SMILES string of the molecule is O=C(Nc1cnc(Cl)cn1)c1cccc(O)c1. The van der Waals surface area contributed by atoms with E-state index in [0.29, 0.717) is 11.4 Å². The number of rotatable bonds is 2. The fourth-order valence-electron chi connectivity index (χ4n) is 1.21. The normalized spacial score (nSPS) is 9.94. The Bertz CT molecular complexity index is 543. The van der Waals surface area contributed by atoms with Gasteiger partial charge in [0.25, 0.3) is 5.91 Å². The van der Waals surface area contributed by atoms with Gasteiger partial charge in [0.05, 0.1) is 12.4 Å². The monoisotopic (exact) mass is 249 g/mol. The number of anilines is 1. The molecule has 1 aromatic heterocycles. The van der Waals surface area contributed by atoms with Crippen LogP contribution in [0, 0.1) is 0 Å². The van der Waals surface area contributed by atoms with E-state index in [4.69, 9.17) is 11.6 Å². The van der Waals surface area contributed by atoms with Gasteiger partial charge in [-0.15, -0.1) is 0 Å². The Morgan fingerprint density at radius 1 is 1.29 bits per heavy atom. The van der Waals surface area contributed by atoms with Gasteiger partial charge in [0, 0.05) is 5.56 Å². The standard InChI is InChI=1S/C11H8ClN3O2/c12-9-5-14-10(6-13-9)15-11(17)7-2-1-3-8(16)4-7/h1-6,16H,(H,14,15,17). The molecule has 5 nitrogen and oxygen atoms in total. The Morgan fingerprint density at radius 3 is 2.76 bits per heavy atom. The highest BCUT2D eigenvalue weighted by molar-refractivity contribution is 6.29. The number of nitrogens with zero attached hydrogens (tertiary/aromatic N) is 2. The van der Waals surface area contributed by atoms with Gasteiger partial charge in [0.2, 0.25) is 0 Å². The summed E-state index contributed by atoms with van der Waals surface area (Å²) in [5.41, 5.74) is 0.335. The van der Waals surface area contributed by atoms with Crippen LogP contribution in [-0.4, -0.2) is 21.0 Å². The zero-order valence-electron chi connectivity index (χ0n) is 8.59. The summed E-state index contributed by atoms with van der Waals surface area (Å²) in [5, 5.41) is 12.0. The lowest BCUT2D eigenvalue weighted by Crippen LogP contribution is -2.12. The predicted octanol–water partition coefficient (Wildman–Crippen LogP) is 2.09. The Labute approximate surface area is 102 Å². The second-order valence-electron chi connectivity index (χ2n) is 3.23. The third-order valence-corrected chi connectivity index (χ3v) is 2.17. The molecule has 0 bridgehead atoms. The van der Waals surface area contributed by atoms with Crippen molar-refractivity contribution in [3.8, 4) is 5.75 Å². The van der Waals surface area contributed by atoms with Crippen LogP contribution in [0.4, 0.5) is 5.82 Å². The van der Waals surface area contributed by atoms with Crippen molar-refractivity contribution in [3.63, 3.8) is 0 Å².